The minimum Gasteiger partial charge on any atom is -0.619 e. The Morgan fingerprint density at radius 1 is 1.17 bits per heavy atom. The molecule has 60 valence electrons. The number of rotatable bonds is 0. The zero-order valence-corrected chi connectivity index (χ0v) is 6.82. The lowest BCUT2D eigenvalue weighted by Gasteiger charge is -2.01. The maximum atomic E-state index is 11.0. The van der Waals surface area contributed by atoms with Gasteiger partial charge in [-0.2, -0.15) is 4.73 Å². The summed E-state index contributed by atoms with van der Waals surface area (Å²) in [6.07, 6.45) is 3.17. The van der Waals surface area contributed by atoms with Crippen molar-refractivity contribution in [3.05, 3.63) is 47.4 Å². The van der Waals surface area contributed by atoms with Crippen molar-refractivity contribution in [3.63, 3.8) is 0 Å². The van der Waals surface area contributed by atoms with Gasteiger partial charge in [-0.25, -0.2) is 0 Å². The van der Waals surface area contributed by atoms with Crippen molar-refractivity contribution in [2.24, 2.45) is 0 Å². The summed E-state index contributed by atoms with van der Waals surface area (Å²) in [5.41, 5.74) is 1.02. The van der Waals surface area contributed by atoms with Gasteiger partial charge < -0.3 is 5.21 Å². The Balaban J connectivity index is 2.89. The quantitative estimate of drug-likeness (QED) is 0.425. The van der Waals surface area contributed by atoms with E-state index in [4.69, 9.17) is 0 Å². The van der Waals surface area contributed by atoms with E-state index in [0.29, 0.717) is 0 Å². The van der Waals surface area contributed by atoms with Gasteiger partial charge in [-0.1, -0.05) is 18.2 Å². The van der Waals surface area contributed by atoms with Crippen molar-refractivity contribution >= 4 is 10.8 Å². The molecular formula is C10H9NO. The molecule has 0 aliphatic heterocycles. The van der Waals surface area contributed by atoms with Crippen LogP contribution in [0.5, 0.6) is 0 Å². The van der Waals surface area contributed by atoms with Crippen LogP contribution in [0.15, 0.2) is 36.7 Å². The molecule has 0 aliphatic carbocycles. The molecular weight excluding hydrogens is 150 g/mol. The maximum Gasteiger partial charge on any atom is 0.188 e. The number of hydrogen-bond acceptors (Lipinski definition) is 1. The Hall–Kier alpha value is -1.57. The second-order valence-electron chi connectivity index (χ2n) is 2.89. The molecule has 0 spiro atoms. The number of hydrogen-bond donors (Lipinski definition) is 0. The average Bonchev–Trinajstić information content (AvgIpc) is 2.04. The number of aryl methyl sites for hydroxylation is 1. The van der Waals surface area contributed by atoms with Crippen molar-refractivity contribution < 1.29 is 4.73 Å². The third kappa shape index (κ3) is 1.01. The highest BCUT2D eigenvalue weighted by atomic mass is 16.5. The molecule has 0 N–H and O–H groups in total. The van der Waals surface area contributed by atoms with E-state index in [9.17, 15) is 5.21 Å². The van der Waals surface area contributed by atoms with Crippen LogP contribution < -0.4 is 4.73 Å². The van der Waals surface area contributed by atoms with Crippen LogP contribution >= 0.6 is 0 Å². The smallest absolute Gasteiger partial charge is 0.188 e. The molecule has 2 aromatic rings. The molecule has 1 heterocycles. The van der Waals surface area contributed by atoms with Gasteiger partial charge in [0.05, 0.1) is 0 Å². The molecule has 2 heteroatoms. The predicted molar refractivity (Wildman–Crippen MR) is 47.6 cm³/mol. The van der Waals surface area contributed by atoms with E-state index in [1.807, 2.05) is 31.2 Å². The zero-order chi connectivity index (χ0) is 8.55. The van der Waals surface area contributed by atoms with Gasteiger partial charge >= 0.3 is 0 Å². The highest BCUT2D eigenvalue weighted by Crippen LogP contribution is 2.14. The highest BCUT2D eigenvalue weighted by Gasteiger charge is 2.00. The summed E-state index contributed by atoms with van der Waals surface area (Å²) >= 11 is 0. The number of pyridine rings is 1. The number of nitrogens with zero attached hydrogens (tertiary/aromatic N) is 1. The maximum absolute atomic E-state index is 11.0. The second-order valence-corrected chi connectivity index (χ2v) is 2.89. The zero-order valence-electron chi connectivity index (χ0n) is 6.82. The van der Waals surface area contributed by atoms with Gasteiger partial charge in [0.2, 0.25) is 0 Å². The van der Waals surface area contributed by atoms with E-state index < -0.39 is 0 Å². The lowest BCUT2D eigenvalue weighted by Crippen LogP contribution is -2.24. The van der Waals surface area contributed by atoms with E-state index in [1.54, 1.807) is 12.4 Å². The van der Waals surface area contributed by atoms with Gasteiger partial charge in [0.15, 0.2) is 12.4 Å². The van der Waals surface area contributed by atoms with E-state index in [0.717, 1.165) is 21.1 Å². The molecule has 1 aromatic carbocycles. The first-order chi connectivity index (χ1) is 5.77. The Kier molecular flexibility index (Phi) is 1.47. The monoisotopic (exact) mass is 159 g/mol. The Labute approximate surface area is 70.7 Å². The average molecular weight is 159 g/mol. The lowest BCUT2D eigenvalue weighted by atomic mass is 10.1. The fraction of sp³-hybridized carbons (Fsp3) is 0.100. The minimum atomic E-state index is 0.845. The molecule has 12 heavy (non-hydrogen) atoms. The summed E-state index contributed by atoms with van der Waals surface area (Å²) in [4.78, 5) is 0. The fourth-order valence-corrected chi connectivity index (χ4v) is 1.40. The van der Waals surface area contributed by atoms with Gasteiger partial charge in [0, 0.05) is 10.9 Å². The van der Waals surface area contributed by atoms with Crippen LogP contribution in [-0.4, -0.2) is 0 Å². The SMILES string of the molecule is Cc1c[n+]([O-])cc2ccccc12. The summed E-state index contributed by atoms with van der Waals surface area (Å²) in [5.74, 6) is 0. The first-order valence-corrected chi connectivity index (χ1v) is 3.85. The van der Waals surface area contributed by atoms with Gasteiger partial charge in [0.1, 0.15) is 0 Å². The van der Waals surface area contributed by atoms with E-state index in [-0.39, 0.29) is 0 Å². The molecule has 2 rings (SSSR count). The van der Waals surface area contributed by atoms with Crippen LogP contribution in [0.2, 0.25) is 0 Å². The molecule has 0 saturated heterocycles. The topological polar surface area (TPSA) is 26.9 Å². The second kappa shape index (κ2) is 2.48. The molecule has 0 bridgehead atoms. The molecule has 0 saturated carbocycles. The molecule has 0 unspecified atom stereocenters. The van der Waals surface area contributed by atoms with Crippen molar-refractivity contribution in [3.8, 4) is 0 Å². The van der Waals surface area contributed by atoms with Crippen molar-refractivity contribution in [2.75, 3.05) is 0 Å². The Morgan fingerprint density at radius 3 is 2.75 bits per heavy atom. The predicted octanol–water partition coefficient (Wildman–Crippen LogP) is 1.78. The summed E-state index contributed by atoms with van der Waals surface area (Å²) in [5, 5.41) is 13.2. The number of benzene rings is 1. The minimum absolute atomic E-state index is 0.845. The van der Waals surface area contributed by atoms with Gasteiger partial charge in [-0.15, -0.1) is 0 Å². The molecule has 0 aliphatic rings. The van der Waals surface area contributed by atoms with Crippen LogP contribution in [-0.2, 0) is 0 Å². The molecule has 0 atom stereocenters. The number of aromatic nitrogens is 1. The Bertz CT molecular complexity index is 423. The summed E-state index contributed by atoms with van der Waals surface area (Å²) in [6, 6.07) is 7.87. The van der Waals surface area contributed by atoms with Crippen LogP contribution in [0.25, 0.3) is 10.8 Å². The van der Waals surface area contributed by atoms with Crippen LogP contribution in [0, 0.1) is 12.1 Å². The standard InChI is InChI=1S/C10H9NO/c1-8-6-11(12)7-9-4-2-3-5-10(8)9/h2-7H,1H3. The van der Waals surface area contributed by atoms with E-state index in [1.165, 1.54) is 0 Å². The fourth-order valence-electron chi connectivity index (χ4n) is 1.40. The normalized spacial score (nSPS) is 10.4. The first-order valence-electron chi connectivity index (χ1n) is 3.85. The van der Waals surface area contributed by atoms with Crippen molar-refractivity contribution in [1.82, 2.24) is 0 Å². The Morgan fingerprint density at radius 2 is 1.92 bits per heavy atom. The molecule has 0 amide bonds. The molecule has 0 radical (unpaired) electrons. The van der Waals surface area contributed by atoms with Gasteiger partial charge in [0.25, 0.3) is 0 Å². The largest absolute Gasteiger partial charge is 0.619 e. The molecule has 0 fully saturated rings. The van der Waals surface area contributed by atoms with Gasteiger partial charge in [-0.05, 0) is 18.4 Å². The third-order valence-electron chi connectivity index (χ3n) is 1.97. The van der Waals surface area contributed by atoms with Crippen LogP contribution in [0.3, 0.4) is 0 Å². The molecule has 2 nitrogen and oxygen atoms in total. The van der Waals surface area contributed by atoms with E-state index in [2.05, 4.69) is 0 Å². The van der Waals surface area contributed by atoms with E-state index >= 15 is 0 Å². The van der Waals surface area contributed by atoms with Crippen LogP contribution in [0.4, 0.5) is 0 Å². The molecule has 1 aromatic heterocycles. The first kappa shape index (κ1) is 7.10. The lowest BCUT2D eigenvalue weighted by molar-refractivity contribution is -0.604. The third-order valence-corrected chi connectivity index (χ3v) is 1.97. The van der Waals surface area contributed by atoms with Crippen molar-refractivity contribution in [1.29, 1.82) is 0 Å². The number of fused-ring (bicyclic) bond motifs is 1. The summed E-state index contributed by atoms with van der Waals surface area (Å²) < 4.78 is 0.845. The van der Waals surface area contributed by atoms with Gasteiger partial charge in [-0.3, -0.25) is 0 Å². The highest BCUT2D eigenvalue weighted by molar-refractivity contribution is 5.83. The summed E-state index contributed by atoms with van der Waals surface area (Å²) in [7, 11) is 0. The van der Waals surface area contributed by atoms with Crippen molar-refractivity contribution in [2.45, 2.75) is 6.92 Å². The van der Waals surface area contributed by atoms with Crippen LogP contribution in [0.1, 0.15) is 5.56 Å². The summed E-state index contributed by atoms with van der Waals surface area (Å²) in [6.45, 7) is 1.94.